The Balaban J connectivity index is 2.66. The molecule has 1 aromatic rings. The number of methoxy groups -OCH3 is 1. The van der Waals surface area contributed by atoms with E-state index in [1.54, 1.807) is 7.11 Å². The van der Waals surface area contributed by atoms with Gasteiger partial charge in [-0.1, -0.05) is 44.2 Å². The Morgan fingerprint density at radius 3 is 2.43 bits per heavy atom. The molecule has 1 aromatic carbocycles. The topological polar surface area (TPSA) is 58.7 Å². The average Bonchev–Trinajstić information content (AvgIpc) is 2.50. The summed E-state index contributed by atoms with van der Waals surface area (Å²) in [5, 5.41) is 9.74. The van der Waals surface area contributed by atoms with Crippen LogP contribution in [0.4, 0.5) is 0 Å². The predicted molar refractivity (Wildman–Crippen MR) is 87.2 cm³/mol. The van der Waals surface area contributed by atoms with Gasteiger partial charge in [-0.2, -0.15) is 0 Å². The molecule has 0 spiro atoms. The summed E-state index contributed by atoms with van der Waals surface area (Å²) in [6.07, 6.45) is 0.726. The Bertz CT molecular complexity index is 384. The minimum Gasteiger partial charge on any atom is -0.394 e. The van der Waals surface area contributed by atoms with Crippen LogP contribution in [0.5, 0.6) is 0 Å². The van der Waals surface area contributed by atoms with Crippen molar-refractivity contribution in [1.82, 2.24) is 4.90 Å². The second-order valence-electron chi connectivity index (χ2n) is 6.12. The quantitative estimate of drug-likeness (QED) is 0.691. The van der Waals surface area contributed by atoms with Gasteiger partial charge in [0.15, 0.2) is 0 Å². The molecule has 0 fully saturated rings. The van der Waals surface area contributed by atoms with Crippen molar-refractivity contribution in [3.8, 4) is 0 Å². The van der Waals surface area contributed by atoms with Crippen LogP contribution in [0.25, 0.3) is 0 Å². The summed E-state index contributed by atoms with van der Waals surface area (Å²) in [5.74, 6) is 0.597. The molecule has 0 saturated heterocycles. The summed E-state index contributed by atoms with van der Waals surface area (Å²) >= 11 is 0. The van der Waals surface area contributed by atoms with Crippen molar-refractivity contribution in [2.75, 3.05) is 40.0 Å². The highest BCUT2D eigenvalue weighted by Crippen LogP contribution is 2.22. The van der Waals surface area contributed by atoms with Crippen molar-refractivity contribution >= 4 is 0 Å². The van der Waals surface area contributed by atoms with Gasteiger partial charge in [0.1, 0.15) is 0 Å². The van der Waals surface area contributed by atoms with Gasteiger partial charge in [0.05, 0.1) is 18.8 Å². The average molecular weight is 294 g/mol. The third-order valence-corrected chi connectivity index (χ3v) is 3.74. The minimum absolute atomic E-state index is 0.0448. The van der Waals surface area contributed by atoms with Crippen LogP contribution >= 0.6 is 0 Å². The number of ether oxygens (including phenoxy) is 1. The van der Waals surface area contributed by atoms with Gasteiger partial charge in [0.2, 0.25) is 0 Å². The number of nitrogens with two attached hydrogens (primary N) is 1. The lowest BCUT2D eigenvalue weighted by Crippen LogP contribution is -2.44. The summed E-state index contributed by atoms with van der Waals surface area (Å²) < 4.78 is 5.17. The zero-order valence-electron chi connectivity index (χ0n) is 13.6. The molecular weight excluding hydrogens is 264 g/mol. The lowest BCUT2D eigenvalue weighted by Gasteiger charge is -2.32. The van der Waals surface area contributed by atoms with Crippen LogP contribution < -0.4 is 5.73 Å². The first-order valence-electron chi connectivity index (χ1n) is 7.68. The molecule has 4 heteroatoms. The molecule has 1 unspecified atom stereocenters. The van der Waals surface area contributed by atoms with E-state index in [4.69, 9.17) is 10.5 Å². The summed E-state index contributed by atoms with van der Waals surface area (Å²) in [5.41, 5.74) is 6.73. The number of nitrogens with zero attached hydrogens (tertiary/aromatic N) is 1. The van der Waals surface area contributed by atoms with E-state index in [1.807, 2.05) is 30.3 Å². The van der Waals surface area contributed by atoms with Crippen molar-refractivity contribution in [2.24, 2.45) is 11.7 Å². The van der Waals surface area contributed by atoms with E-state index < -0.39 is 5.54 Å². The highest BCUT2D eigenvalue weighted by Gasteiger charge is 2.27. The fourth-order valence-electron chi connectivity index (χ4n) is 2.47. The van der Waals surface area contributed by atoms with Crippen molar-refractivity contribution < 1.29 is 9.84 Å². The number of hydrogen-bond acceptors (Lipinski definition) is 4. The smallest absolute Gasteiger partial charge is 0.0656 e. The molecule has 120 valence electrons. The summed E-state index contributed by atoms with van der Waals surface area (Å²) in [6, 6.07) is 9.86. The van der Waals surface area contributed by atoms with Crippen LogP contribution in [0.15, 0.2) is 30.3 Å². The van der Waals surface area contributed by atoms with Gasteiger partial charge in [0.25, 0.3) is 0 Å². The first-order chi connectivity index (χ1) is 10.0. The van der Waals surface area contributed by atoms with Gasteiger partial charge in [-0.3, -0.25) is 0 Å². The Kier molecular flexibility index (Phi) is 7.89. The molecule has 0 aromatic heterocycles. The zero-order valence-corrected chi connectivity index (χ0v) is 13.6. The summed E-state index contributed by atoms with van der Waals surface area (Å²) in [7, 11) is 1.72. The molecular formula is C17H30N2O2. The Morgan fingerprint density at radius 2 is 1.90 bits per heavy atom. The maximum atomic E-state index is 9.74. The van der Waals surface area contributed by atoms with E-state index in [9.17, 15) is 5.11 Å². The summed E-state index contributed by atoms with van der Waals surface area (Å²) in [4.78, 5) is 2.36. The number of benzene rings is 1. The lowest BCUT2D eigenvalue weighted by molar-refractivity contribution is 0.121. The number of aliphatic hydroxyl groups excluding tert-OH is 1. The van der Waals surface area contributed by atoms with Crippen molar-refractivity contribution in [1.29, 1.82) is 0 Å². The highest BCUT2D eigenvalue weighted by molar-refractivity contribution is 5.24. The second-order valence-corrected chi connectivity index (χ2v) is 6.12. The second kappa shape index (κ2) is 9.15. The molecule has 0 aliphatic carbocycles. The van der Waals surface area contributed by atoms with Gasteiger partial charge in [-0.05, 0) is 17.9 Å². The zero-order chi connectivity index (χ0) is 15.7. The van der Waals surface area contributed by atoms with Crippen molar-refractivity contribution in [3.05, 3.63) is 35.9 Å². The van der Waals surface area contributed by atoms with Gasteiger partial charge in [-0.15, -0.1) is 0 Å². The molecule has 1 atom stereocenters. The maximum Gasteiger partial charge on any atom is 0.0656 e. The standard InChI is InChI=1S/C17H30N2O2/c1-15(2)13-19(11-12-21-3)10-9-17(18,14-20)16-7-5-4-6-8-16/h4-8,15,20H,9-14,18H2,1-3H3. The van der Waals surface area contributed by atoms with Crippen LogP contribution in [0, 0.1) is 5.92 Å². The Labute approximate surface area is 128 Å². The van der Waals surface area contributed by atoms with Crippen molar-refractivity contribution in [3.63, 3.8) is 0 Å². The third-order valence-electron chi connectivity index (χ3n) is 3.74. The molecule has 0 heterocycles. The fourth-order valence-corrected chi connectivity index (χ4v) is 2.47. The predicted octanol–water partition coefficient (Wildman–Crippen LogP) is 1.83. The molecule has 0 saturated carbocycles. The molecule has 0 amide bonds. The van der Waals surface area contributed by atoms with E-state index in [0.717, 1.165) is 38.2 Å². The van der Waals surface area contributed by atoms with Gasteiger partial charge in [0, 0.05) is 26.7 Å². The van der Waals surface area contributed by atoms with Crippen LogP contribution in [-0.4, -0.2) is 50.0 Å². The van der Waals surface area contributed by atoms with E-state index in [1.165, 1.54) is 0 Å². The molecule has 0 aliphatic heterocycles. The SMILES string of the molecule is COCCN(CCC(N)(CO)c1ccccc1)CC(C)C. The van der Waals surface area contributed by atoms with E-state index in [-0.39, 0.29) is 6.61 Å². The largest absolute Gasteiger partial charge is 0.394 e. The third kappa shape index (κ3) is 6.14. The monoisotopic (exact) mass is 294 g/mol. The molecule has 4 nitrogen and oxygen atoms in total. The first kappa shape index (κ1) is 18.1. The van der Waals surface area contributed by atoms with E-state index >= 15 is 0 Å². The molecule has 21 heavy (non-hydrogen) atoms. The van der Waals surface area contributed by atoms with Crippen molar-refractivity contribution in [2.45, 2.75) is 25.8 Å². The van der Waals surface area contributed by atoms with Gasteiger partial charge >= 0.3 is 0 Å². The number of hydrogen-bond donors (Lipinski definition) is 2. The molecule has 0 radical (unpaired) electrons. The van der Waals surface area contributed by atoms with Gasteiger partial charge < -0.3 is 20.5 Å². The van der Waals surface area contributed by atoms with Crippen LogP contribution in [0.1, 0.15) is 25.8 Å². The minimum atomic E-state index is -0.677. The van der Waals surface area contributed by atoms with Crippen LogP contribution in [0.2, 0.25) is 0 Å². The van der Waals surface area contributed by atoms with Crippen LogP contribution in [-0.2, 0) is 10.3 Å². The molecule has 0 aliphatic rings. The molecule has 1 rings (SSSR count). The van der Waals surface area contributed by atoms with Crippen LogP contribution in [0.3, 0.4) is 0 Å². The number of rotatable bonds is 10. The lowest BCUT2D eigenvalue weighted by atomic mass is 9.88. The molecule has 3 N–H and O–H groups in total. The molecule has 0 bridgehead atoms. The fraction of sp³-hybridized carbons (Fsp3) is 0.647. The Morgan fingerprint density at radius 1 is 1.24 bits per heavy atom. The van der Waals surface area contributed by atoms with E-state index in [2.05, 4.69) is 18.7 Å². The summed E-state index contributed by atoms with van der Waals surface area (Å²) in [6.45, 7) is 7.85. The van der Waals surface area contributed by atoms with Gasteiger partial charge in [-0.25, -0.2) is 0 Å². The normalized spacial score (nSPS) is 14.6. The maximum absolute atomic E-state index is 9.74. The Hall–Kier alpha value is -0.940. The number of aliphatic hydroxyl groups is 1. The first-order valence-corrected chi connectivity index (χ1v) is 7.68. The highest BCUT2D eigenvalue weighted by atomic mass is 16.5. The van der Waals surface area contributed by atoms with E-state index in [0.29, 0.717) is 5.92 Å².